The molecule has 0 heterocycles. The number of alkyl halides is 4. The van der Waals surface area contributed by atoms with Crippen molar-refractivity contribution in [1.82, 2.24) is 0 Å². The third-order valence-electron chi connectivity index (χ3n) is 4.58. The Labute approximate surface area is 130 Å². The minimum Gasteiger partial charge on any atom is -0.459 e. The van der Waals surface area contributed by atoms with E-state index in [4.69, 9.17) is 0 Å². The maximum atomic E-state index is 12.9. The molecule has 132 valence electrons. The molecule has 22 heavy (non-hydrogen) atoms. The number of hydrogen-bond acceptors (Lipinski definition) is 2. The van der Waals surface area contributed by atoms with Crippen molar-refractivity contribution >= 4 is 5.97 Å². The SMILES string of the molecule is CCC(C)(C)CC(C(=O)OCC(F)(F)C(F)F)C(C)(C)CC. The summed E-state index contributed by atoms with van der Waals surface area (Å²) in [5, 5.41) is 0. The molecular weight excluding hydrogens is 300 g/mol. The van der Waals surface area contributed by atoms with Crippen LogP contribution in [0.15, 0.2) is 0 Å². The Bertz CT molecular complexity index is 365. The van der Waals surface area contributed by atoms with Crippen LogP contribution < -0.4 is 0 Å². The summed E-state index contributed by atoms with van der Waals surface area (Å²) in [5.74, 6) is -5.74. The maximum absolute atomic E-state index is 12.9. The predicted octanol–water partition coefficient (Wildman–Crippen LogP) is 5.31. The summed E-state index contributed by atoms with van der Waals surface area (Å²) < 4.78 is 54.7. The first-order valence-electron chi connectivity index (χ1n) is 7.61. The highest BCUT2D eigenvalue weighted by Crippen LogP contribution is 2.41. The second kappa shape index (κ2) is 7.64. The van der Waals surface area contributed by atoms with E-state index in [2.05, 4.69) is 4.74 Å². The van der Waals surface area contributed by atoms with Crippen LogP contribution >= 0.6 is 0 Å². The van der Waals surface area contributed by atoms with Gasteiger partial charge in [-0.2, -0.15) is 8.78 Å². The van der Waals surface area contributed by atoms with Gasteiger partial charge in [-0.05, 0) is 17.3 Å². The Morgan fingerprint density at radius 2 is 1.55 bits per heavy atom. The van der Waals surface area contributed by atoms with Gasteiger partial charge < -0.3 is 4.74 Å². The molecule has 0 amide bonds. The molecule has 0 radical (unpaired) electrons. The van der Waals surface area contributed by atoms with Crippen molar-refractivity contribution in [3.05, 3.63) is 0 Å². The van der Waals surface area contributed by atoms with Crippen LogP contribution in [-0.2, 0) is 9.53 Å². The van der Waals surface area contributed by atoms with E-state index in [1.54, 1.807) is 0 Å². The van der Waals surface area contributed by atoms with Crippen LogP contribution in [0.3, 0.4) is 0 Å². The molecule has 0 bridgehead atoms. The molecule has 0 aliphatic heterocycles. The Morgan fingerprint density at radius 1 is 1.05 bits per heavy atom. The highest BCUT2D eigenvalue weighted by Gasteiger charge is 2.44. The van der Waals surface area contributed by atoms with Gasteiger partial charge in [0.25, 0.3) is 0 Å². The molecule has 0 aliphatic carbocycles. The average molecular weight is 328 g/mol. The molecule has 0 saturated heterocycles. The van der Waals surface area contributed by atoms with Crippen LogP contribution in [-0.4, -0.2) is 24.9 Å². The van der Waals surface area contributed by atoms with Crippen LogP contribution in [0.4, 0.5) is 17.6 Å². The second-order valence-corrected chi connectivity index (χ2v) is 7.29. The number of esters is 1. The van der Waals surface area contributed by atoms with Crippen LogP contribution in [0, 0.1) is 16.7 Å². The molecule has 1 unspecified atom stereocenters. The minimum absolute atomic E-state index is 0.165. The highest BCUT2D eigenvalue weighted by molar-refractivity contribution is 5.73. The summed E-state index contributed by atoms with van der Waals surface area (Å²) in [6.45, 7) is 9.97. The average Bonchev–Trinajstić information content (AvgIpc) is 2.42. The van der Waals surface area contributed by atoms with Gasteiger partial charge in [0.05, 0.1) is 5.92 Å². The summed E-state index contributed by atoms with van der Waals surface area (Å²) in [4.78, 5) is 12.2. The van der Waals surface area contributed by atoms with Crippen LogP contribution in [0.2, 0.25) is 0 Å². The van der Waals surface area contributed by atoms with Gasteiger partial charge in [-0.1, -0.05) is 54.4 Å². The summed E-state index contributed by atoms with van der Waals surface area (Å²) in [5.41, 5.74) is -0.620. The summed E-state index contributed by atoms with van der Waals surface area (Å²) in [7, 11) is 0. The zero-order valence-electron chi connectivity index (χ0n) is 14.3. The lowest BCUT2D eigenvalue weighted by atomic mass is 9.68. The van der Waals surface area contributed by atoms with Gasteiger partial charge in [0.15, 0.2) is 6.61 Å². The van der Waals surface area contributed by atoms with Crippen molar-refractivity contribution in [1.29, 1.82) is 0 Å². The largest absolute Gasteiger partial charge is 0.459 e. The molecule has 0 fully saturated rings. The smallest absolute Gasteiger partial charge is 0.340 e. The molecule has 0 rings (SSSR count). The lowest BCUT2D eigenvalue weighted by Gasteiger charge is -2.37. The molecule has 0 aliphatic rings. The van der Waals surface area contributed by atoms with E-state index < -0.39 is 36.3 Å². The molecule has 6 heteroatoms. The quantitative estimate of drug-likeness (QED) is 0.423. The van der Waals surface area contributed by atoms with Gasteiger partial charge in [0.1, 0.15) is 0 Å². The lowest BCUT2D eigenvalue weighted by Crippen LogP contribution is -2.39. The molecule has 0 N–H and O–H groups in total. The van der Waals surface area contributed by atoms with Gasteiger partial charge in [-0.25, -0.2) is 8.78 Å². The number of ether oxygens (including phenoxy) is 1. The molecule has 1 atom stereocenters. The number of hydrogen-bond donors (Lipinski definition) is 0. The van der Waals surface area contributed by atoms with E-state index in [0.29, 0.717) is 12.8 Å². The Kier molecular flexibility index (Phi) is 7.36. The van der Waals surface area contributed by atoms with E-state index in [1.807, 2.05) is 41.5 Å². The van der Waals surface area contributed by atoms with Gasteiger partial charge in [-0.15, -0.1) is 0 Å². The monoisotopic (exact) mass is 328 g/mol. The maximum Gasteiger partial charge on any atom is 0.340 e. The van der Waals surface area contributed by atoms with Gasteiger partial charge >= 0.3 is 18.3 Å². The fraction of sp³-hybridized carbons (Fsp3) is 0.938. The van der Waals surface area contributed by atoms with Crippen LogP contribution in [0.5, 0.6) is 0 Å². The number of carbonyl (C=O) groups excluding carboxylic acids is 1. The fourth-order valence-corrected chi connectivity index (χ4v) is 1.95. The van der Waals surface area contributed by atoms with E-state index in [1.165, 1.54) is 0 Å². The highest BCUT2D eigenvalue weighted by atomic mass is 19.3. The number of carbonyl (C=O) groups is 1. The normalized spacial score (nSPS) is 15.0. The molecule has 2 nitrogen and oxygen atoms in total. The predicted molar refractivity (Wildman–Crippen MR) is 78.2 cm³/mol. The van der Waals surface area contributed by atoms with Crippen molar-refractivity contribution in [3.63, 3.8) is 0 Å². The first-order valence-corrected chi connectivity index (χ1v) is 7.61. The fourth-order valence-electron chi connectivity index (χ4n) is 1.95. The standard InChI is InChI=1S/C16H28F4O2/c1-7-14(3,4)9-11(15(5,6)8-2)12(21)22-10-16(19,20)13(17)18/h11,13H,7-10H2,1-6H3. The van der Waals surface area contributed by atoms with Crippen LogP contribution in [0.25, 0.3) is 0 Å². The van der Waals surface area contributed by atoms with Crippen LogP contribution in [0.1, 0.15) is 60.8 Å². The van der Waals surface area contributed by atoms with E-state index >= 15 is 0 Å². The number of rotatable bonds is 9. The van der Waals surface area contributed by atoms with Crippen molar-refractivity contribution < 1.29 is 27.1 Å². The third-order valence-corrected chi connectivity index (χ3v) is 4.58. The van der Waals surface area contributed by atoms with Crippen molar-refractivity contribution in [2.45, 2.75) is 73.2 Å². The lowest BCUT2D eigenvalue weighted by molar-refractivity contribution is -0.186. The Balaban J connectivity index is 5.08. The summed E-state index contributed by atoms with van der Waals surface area (Å²) in [6.07, 6.45) is -1.92. The molecule has 0 aromatic heterocycles. The zero-order chi connectivity index (χ0) is 17.8. The van der Waals surface area contributed by atoms with Crippen molar-refractivity contribution in [2.75, 3.05) is 6.61 Å². The van der Waals surface area contributed by atoms with Gasteiger partial charge in [-0.3, -0.25) is 4.79 Å². The first-order chi connectivity index (χ1) is 9.79. The number of halogens is 4. The molecule has 0 aromatic carbocycles. The molecule has 0 spiro atoms. The molecule has 0 saturated carbocycles. The topological polar surface area (TPSA) is 26.3 Å². The van der Waals surface area contributed by atoms with Gasteiger partial charge in [0.2, 0.25) is 0 Å². The zero-order valence-corrected chi connectivity index (χ0v) is 14.3. The van der Waals surface area contributed by atoms with Crippen molar-refractivity contribution in [3.8, 4) is 0 Å². The summed E-state index contributed by atoms with van der Waals surface area (Å²) >= 11 is 0. The Morgan fingerprint density at radius 3 is 1.91 bits per heavy atom. The van der Waals surface area contributed by atoms with E-state index in [0.717, 1.165) is 6.42 Å². The van der Waals surface area contributed by atoms with Gasteiger partial charge in [0, 0.05) is 0 Å². The van der Waals surface area contributed by atoms with E-state index in [-0.39, 0.29) is 5.41 Å². The Hall–Kier alpha value is -0.810. The second-order valence-electron chi connectivity index (χ2n) is 7.29. The summed E-state index contributed by atoms with van der Waals surface area (Å²) in [6, 6.07) is 0. The molecule has 0 aromatic rings. The van der Waals surface area contributed by atoms with Crippen molar-refractivity contribution in [2.24, 2.45) is 16.7 Å². The minimum atomic E-state index is -4.31. The molecular formula is C16H28F4O2. The third kappa shape index (κ3) is 6.13. The first kappa shape index (κ1) is 21.2. The van der Waals surface area contributed by atoms with E-state index in [9.17, 15) is 22.4 Å².